The first-order valence-corrected chi connectivity index (χ1v) is 15.8. The Kier molecular flexibility index (Phi) is 6.88. The van der Waals surface area contributed by atoms with Gasteiger partial charge in [-0.15, -0.1) is 0 Å². The summed E-state index contributed by atoms with van der Waals surface area (Å²) in [5, 5.41) is 4.33. The van der Waals surface area contributed by atoms with Crippen molar-refractivity contribution in [3.63, 3.8) is 0 Å². The van der Waals surface area contributed by atoms with Crippen molar-refractivity contribution in [1.82, 2.24) is 5.01 Å². The summed E-state index contributed by atoms with van der Waals surface area (Å²) >= 11 is 10.6. The molecule has 3 aliphatic rings. The number of imide groups is 1. The molecule has 0 spiro atoms. The lowest BCUT2D eigenvalue weighted by atomic mass is 9.78. The Labute approximate surface area is 263 Å². The molecule has 0 bridgehead atoms. The largest absolute Gasteiger partial charge is 0.277 e. The number of rotatable bonds is 4. The lowest BCUT2D eigenvalue weighted by Crippen LogP contribution is -2.53. The molecule has 0 radical (unpaired) electrons. The average Bonchev–Trinajstić information content (AvgIpc) is 3.48. The minimum Gasteiger partial charge on any atom is -0.277 e. The summed E-state index contributed by atoms with van der Waals surface area (Å²) in [5.41, 5.74) is 4.77. The lowest BCUT2D eigenvalue weighted by molar-refractivity contribution is -0.122. The van der Waals surface area contributed by atoms with E-state index in [0.717, 1.165) is 35.9 Å². The number of benzene rings is 4. The number of hydrogen-bond acceptors (Lipinski definition) is 4. The first kappa shape index (κ1) is 26.7. The van der Waals surface area contributed by atoms with Crippen molar-refractivity contribution in [2.24, 2.45) is 5.92 Å². The molecule has 2 fully saturated rings. The van der Waals surface area contributed by atoms with Gasteiger partial charge in [-0.25, -0.2) is 4.90 Å². The zero-order valence-electron chi connectivity index (χ0n) is 21.7. The van der Waals surface area contributed by atoms with Crippen LogP contribution in [0.5, 0.6) is 0 Å². The zero-order chi connectivity index (χ0) is 28.2. The third-order valence-corrected chi connectivity index (χ3v) is 9.71. The second-order valence-electron chi connectivity index (χ2n) is 10.5. The predicted octanol–water partition coefficient (Wildman–Crippen LogP) is 8.38. The number of carbonyl (C=O) groups is 2. The molecule has 0 saturated carbocycles. The Morgan fingerprint density at radius 1 is 0.610 bits per heavy atom. The van der Waals surface area contributed by atoms with E-state index in [4.69, 9.17) is 0 Å². The Morgan fingerprint density at radius 3 is 1.90 bits per heavy atom. The highest BCUT2D eigenvalue weighted by atomic mass is 79.9. The van der Waals surface area contributed by atoms with E-state index < -0.39 is 12.0 Å². The predicted molar refractivity (Wildman–Crippen MR) is 171 cm³/mol. The van der Waals surface area contributed by atoms with Gasteiger partial charge in [-0.3, -0.25) is 19.6 Å². The topological polar surface area (TPSA) is 43.9 Å². The highest BCUT2D eigenvalue weighted by Gasteiger charge is 2.60. The highest BCUT2D eigenvalue weighted by Crippen LogP contribution is 2.52. The van der Waals surface area contributed by atoms with Crippen molar-refractivity contribution in [1.29, 1.82) is 0 Å². The number of allylic oxidation sites excluding steroid dienone is 1. The van der Waals surface area contributed by atoms with Crippen LogP contribution in [0.2, 0.25) is 0 Å². The molecule has 4 atom stereocenters. The van der Waals surface area contributed by atoms with Crippen LogP contribution >= 0.6 is 47.8 Å². The van der Waals surface area contributed by atoms with Crippen molar-refractivity contribution in [3.8, 4) is 0 Å². The molecule has 8 heteroatoms. The molecule has 0 N–H and O–H groups in total. The number of carbonyl (C=O) groups excluding carboxylic acids is 2. The monoisotopic (exact) mass is 731 g/mol. The van der Waals surface area contributed by atoms with Crippen LogP contribution in [0.15, 0.2) is 128 Å². The van der Waals surface area contributed by atoms with E-state index in [1.165, 1.54) is 4.90 Å². The van der Waals surface area contributed by atoms with Crippen LogP contribution in [0.3, 0.4) is 0 Å². The summed E-state index contributed by atoms with van der Waals surface area (Å²) in [5.74, 6) is -1.21. The van der Waals surface area contributed by atoms with Crippen LogP contribution in [-0.4, -0.2) is 22.9 Å². The van der Waals surface area contributed by atoms with Gasteiger partial charge in [-0.1, -0.05) is 102 Å². The van der Waals surface area contributed by atoms with Gasteiger partial charge in [0.05, 0.1) is 23.3 Å². The van der Waals surface area contributed by atoms with Gasteiger partial charge in [-0.05, 0) is 65.7 Å². The van der Waals surface area contributed by atoms with Crippen LogP contribution in [0.1, 0.15) is 29.5 Å². The maximum atomic E-state index is 14.5. The zero-order valence-corrected chi connectivity index (χ0v) is 26.5. The molecule has 4 unspecified atom stereocenters. The van der Waals surface area contributed by atoms with E-state index in [1.54, 1.807) is 0 Å². The second kappa shape index (κ2) is 10.6. The molecule has 3 heterocycles. The Morgan fingerprint density at radius 2 is 1.24 bits per heavy atom. The van der Waals surface area contributed by atoms with Gasteiger partial charge in [0, 0.05) is 31.5 Å². The molecule has 7 rings (SSSR count). The van der Waals surface area contributed by atoms with Gasteiger partial charge >= 0.3 is 0 Å². The molecule has 0 aromatic heterocycles. The minimum atomic E-state index is -0.684. The Hall–Kier alpha value is -3.20. The van der Waals surface area contributed by atoms with Gasteiger partial charge in [0.15, 0.2) is 0 Å². The summed E-state index contributed by atoms with van der Waals surface area (Å²) in [6.07, 6.45) is 2.93. The first-order chi connectivity index (χ1) is 19.9. The number of hydrogen-bond donors (Lipinski definition) is 0. The summed E-state index contributed by atoms with van der Waals surface area (Å²) in [6, 6.07) is 33.3. The van der Waals surface area contributed by atoms with E-state index in [1.807, 2.05) is 66.7 Å². The quantitative estimate of drug-likeness (QED) is 0.198. The molecule has 5 nitrogen and oxygen atoms in total. The molecular formula is C33H24Br3N3O2. The second-order valence-corrected chi connectivity index (χ2v) is 13.2. The van der Waals surface area contributed by atoms with Crippen LogP contribution in [0.4, 0.5) is 11.4 Å². The summed E-state index contributed by atoms with van der Waals surface area (Å²) in [4.78, 5) is 30.2. The standard InChI is InChI=1S/C33H24Br3N3O2/c34-22-13-9-20(10-14-22)28-18-27-19-29(21-11-15-23(35)16-12-21)38(25-6-2-1-3-7-25)39(27)31-30(28)32(40)37(33(31)41)26-8-4-5-24(36)17-26/h1-18,28-31H,19H2. The minimum absolute atomic E-state index is 0.0381. The summed E-state index contributed by atoms with van der Waals surface area (Å²) in [6.45, 7) is 0. The molecule has 2 saturated heterocycles. The van der Waals surface area contributed by atoms with Gasteiger partial charge in [-0.2, -0.15) is 0 Å². The normalized spacial score (nSPS) is 23.5. The Bertz CT molecular complexity index is 1670. The molecule has 204 valence electrons. The number of hydrazine groups is 1. The molecule has 4 aromatic carbocycles. The van der Waals surface area contributed by atoms with Crippen LogP contribution in [-0.2, 0) is 9.59 Å². The van der Waals surface area contributed by atoms with E-state index in [2.05, 4.69) is 100 Å². The van der Waals surface area contributed by atoms with E-state index in [0.29, 0.717) is 12.1 Å². The summed E-state index contributed by atoms with van der Waals surface area (Å²) < 4.78 is 2.80. The molecule has 41 heavy (non-hydrogen) atoms. The van der Waals surface area contributed by atoms with E-state index in [9.17, 15) is 9.59 Å². The third kappa shape index (κ3) is 4.57. The number of anilines is 2. The van der Waals surface area contributed by atoms with Gasteiger partial charge < -0.3 is 0 Å². The number of para-hydroxylation sites is 1. The highest BCUT2D eigenvalue weighted by molar-refractivity contribution is 9.11. The molecule has 2 amide bonds. The van der Waals surface area contributed by atoms with Crippen molar-refractivity contribution >= 4 is 71.0 Å². The van der Waals surface area contributed by atoms with Crippen LogP contribution in [0.25, 0.3) is 0 Å². The van der Waals surface area contributed by atoms with Crippen LogP contribution in [0, 0.1) is 5.92 Å². The average molecular weight is 734 g/mol. The van der Waals surface area contributed by atoms with Gasteiger partial charge in [0.25, 0.3) is 5.91 Å². The molecule has 3 aliphatic heterocycles. The fourth-order valence-corrected chi connectivity index (χ4v) is 7.32. The van der Waals surface area contributed by atoms with Gasteiger partial charge in [0.1, 0.15) is 6.04 Å². The molecule has 0 aliphatic carbocycles. The SMILES string of the molecule is O=C1C2C(c3ccc(Br)cc3)C=C3CC(c4ccc(Br)cc4)N(c4ccccc4)N3C2C(=O)N1c1cccc(Br)c1. The molecular weight excluding hydrogens is 710 g/mol. The number of amides is 2. The Balaban J connectivity index is 1.42. The van der Waals surface area contributed by atoms with Crippen molar-refractivity contribution < 1.29 is 9.59 Å². The third-order valence-electron chi connectivity index (χ3n) is 8.16. The fraction of sp³-hybridized carbons (Fsp3) is 0.152. The maximum absolute atomic E-state index is 14.5. The number of nitrogens with zero attached hydrogens (tertiary/aromatic N) is 3. The smallest absolute Gasteiger partial charge is 0.259 e. The molecule has 4 aromatic rings. The number of fused-ring (bicyclic) bond motifs is 3. The lowest BCUT2D eigenvalue weighted by Gasteiger charge is -2.43. The summed E-state index contributed by atoms with van der Waals surface area (Å²) in [7, 11) is 0. The number of halogens is 3. The van der Waals surface area contributed by atoms with Crippen molar-refractivity contribution in [2.75, 3.05) is 9.91 Å². The van der Waals surface area contributed by atoms with Gasteiger partial charge in [0.2, 0.25) is 5.91 Å². The van der Waals surface area contributed by atoms with E-state index >= 15 is 0 Å². The maximum Gasteiger partial charge on any atom is 0.259 e. The fourth-order valence-electron chi connectivity index (χ4n) is 6.41. The van der Waals surface area contributed by atoms with Crippen molar-refractivity contribution in [2.45, 2.75) is 24.4 Å². The van der Waals surface area contributed by atoms with Crippen LogP contribution < -0.4 is 9.91 Å². The first-order valence-electron chi connectivity index (χ1n) is 13.4. The van der Waals surface area contributed by atoms with E-state index in [-0.39, 0.29) is 23.8 Å². The van der Waals surface area contributed by atoms with Crippen molar-refractivity contribution in [3.05, 3.63) is 139 Å².